The van der Waals surface area contributed by atoms with Crippen LogP contribution in [-0.4, -0.2) is 42.8 Å². The third kappa shape index (κ3) is 3.58. The molecule has 5 rings (SSSR count). The number of imidazole rings is 2. The van der Waals surface area contributed by atoms with Crippen molar-refractivity contribution in [2.45, 2.75) is 20.4 Å². The summed E-state index contributed by atoms with van der Waals surface area (Å²) in [7, 11) is 3.12. The van der Waals surface area contributed by atoms with Gasteiger partial charge >= 0.3 is 11.7 Å². The Balaban J connectivity index is 1.90. The molecule has 36 heavy (non-hydrogen) atoms. The minimum Gasteiger partial charge on any atom is -0.495 e. The third-order valence-corrected chi connectivity index (χ3v) is 6.09. The van der Waals surface area contributed by atoms with Crippen LogP contribution in [0.3, 0.4) is 0 Å². The maximum atomic E-state index is 13.5. The van der Waals surface area contributed by atoms with Crippen molar-refractivity contribution in [3.05, 3.63) is 81.1 Å². The van der Waals surface area contributed by atoms with Gasteiger partial charge in [0, 0.05) is 18.8 Å². The van der Waals surface area contributed by atoms with Crippen molar-refractivity contribution in [3.8, 4) is 22.7 Å². The van der Waals surface area contributed by atoms with Gasteiger partial charge < -0.3 is 9.47 Å². The molecule has 0 unspecified atom stereocenters. The Hall–Kier alpha value is -4.60. The molecular weight excluding hydrogens is 462 g/mol. The molecule has 0 radical (unpaired) electrons. The number of fused-ring (bicyclic) bond motifs is 3. The number of methoxy groups -OCH3 is 1. The molecular formula is C26H25N5O5. The van der Waals surface area contributed by atoms with Crippen molar-refractivity contribution >= 4 is 22.9 Å². The number of aromatic nitrogens is 5. The zero-order valence-corrected chi connectivity index (χ0v) is 20.4. The average molecular weight is 488 g/mol. The first-order valence-electron chi connectivity index (χ1n) is 11.4. The van der Waals surface area contributed by atoms with E-state index in [1.165, 1.54) is 11.6 Å². The van der Waals surface area contributed by atoms with Crippen LogP contribution in [0.4, 0.5) is 0 Å². The quantitative estimate of drug-likeness (QED) is 0.341. The Labute approximate surface area is 205 Å². The van der Waals surface area contributed by atoms with Crippen LogP contribution in [0.25, 0.3) is 33.9 Å². The molecule has 0 aliphatic rings. The fourth-order valence-electron chi connectivity index (χ4n) is 4.40. The lowest BCUT2D eigenvalue weighted by Gasteiger charge is -2.14. The minimum absolute atomic E-state index is 0.148. The first-order chi connectivity index (χ1) is 17.3. The highest BCUT2D eigenvalue weighted by Gasteiger charge is 2.24. The number of nitrogens with zero attached hydrogens (tertiary/aromatic N) is 5. The van der Waals surface area contributed by atoms with Crippen LogP contribution in [0.2, 0.25) is 0 Å². The Morgan fingerprint density at radius 1 is 1.08 bits per heavy atom. The molecule has 3 aromatic heterocycles. The van der Waals surface area contributed by atoms with Crippen LogP contribution in [0, 0.1) is 6.92 Å². The molecule has 0 N–H and O–H groups in total. The van der Waals surface area contributed by atoms with Gasteiger partial charge in [0.1, 0.15) is 12.3 Å². The molecule has 0 saturated carbocycles. The molecule has 0 atom stereocenters. The van der Waals surface area contributed by atoms with E-state index >= 15 is 0 Å². The van der Waals surface area contributed by atoms with Gasteiger partial charge in [-0.3, -0.25) is 23.1 Å². The number of benzene rings is 2. The van der Waals surface area contributed by atoms with Gasteiger partial charge in [-0.1, -0.05) is 36.4 Å². The number of aryl methyl sites for hydroxylation is 2. The normalized spacial score (nSPS) is 11.3. The van der Waals surface area contributed by atoms with Crippen LogP contribution < -0.4 is 16.0 Å². The number of esters is 1. The molecule has 10 nitrogen and oxygen atoms in total. The second-order valence-corrected chi connectivity index (χ2v) is 8.38. The van der Waals surface area contributed by atoms with Crippen molar-refractivity contribution in [2.24, 2.45) is 7.05 Å². The van der Waals surface area contributed by atoms with Crippen LogP contribution in [-0.2, 0) is 23.1 Å². The number of hydrogen-bond donors (Lipinski definition) is 0. The molecule has 0 amide bonds. The lowest BCUT2D eigenvalue weighted by molar-refractivity contribution is -0.143. The first-order valence-corrected chi connectivity index (χ1v) is 11.4. The van der Waals surface area contributed by atoms with E-state index in [4.69, 9.17) is 14.5 Å². The highest BCUT2D eigenvalue weighted by molar-refractivity contribution is 5.80. The molecule has 184 valence electrons. The number of rotatable bonds is 6. The zero-order chi connectivity index (χ0) is 25.6. The zero-order valence-electron chi connectivity index (χ0n) is 20.4. The Morgan fingerprint density at radius 3 is 2.53 bits per heavy atom. The van der Waals surface area contributed by atoms with Crippen molar-refractivity contribution in [2.75, 3.05) is 13.7 Å². The molecule has 2 aromatic carbocycles. The van der Waals surface area contributed by atoms with Gasteiger partial charge in [0.2, 0.25) is 5.78 Å². The van der Waals surface area contributed by atoms with Gasteiger partial charge in [-0.2, -0.15) is 4.98 Å². The molecule has 0 aliphatic carbocycles. The van der Waals surface area contributed by atoms with E-state index in [9.17, 15) is 14.4 Å². The maximum Gasteiger partial charge on any atom is 0.333 e. The standard InChI is InChI=1S/C26H25N5O5/c1-5-36-21(32)15-30-24(33)22-23(28(3)26(30)34)27-25-29(22)14-19(17-9-7-6-8-10-17)31(25)18-13-16(2)11-12-20(18)35-4/h6-14H,5,15H2,1-4H3. The summed E-state index contributed by atoms with van der Waals surface area (Å²) in [5.74, 6) is 0.383. The SMILES string of the molecule is CCOC(=O)Cn1c(=O)c2c(nc3n(-c4cc(C)ccc4OC)c(-c4ccccc4)cn23)n(C)c1=O. The van der Waals surface area contributed by atoms with Gasteiger partial charge in [0.05, 0.1) is 25.1 Å². The van der Waals surface area contributed by atoms with Gasteiger partial charge in [-0.25, -0.2) is 9.36 Å². The average Bonchev–Trinajstić information content (AvgIpc) is 3.42. The lowest BCUT2D eigenvalue weighted by atomic mass is 10.1. The van der Waals surface area contributed by atoms with Gasteiger partial charge in [0.25, 0.3) is 5.56 Å². The van der Waals surface area contributed by atoms with E-state index in [-0.39, 0.29) is 17.8 Å². The largest absolute Gasteiger partial charge is 0.495 e. The second kappa shape index (κ2) is 8.88. The summed E-state index contributed by atoms with van der Waals surface area (Å²) in [6.45, 7) is 3.30. The van der Waals surface area contributed by atoms with E-state index in [0.717, 1.165) is 27.1 Å². The Kier molecular flexibility index (Phi) is 5.71. The Morgan fingerprint density at radius 2 is 1.83 bits per heavy atom. The molecule has 0 aliphatic heterocycles. The summed E-state index contributed by atoms with van der Waals surface area (Å²) < 4.78 is 16.3. The van der Waals surface area contributed by atoms with Crippen molar-refractivity contribution in [1.29, 1.82) is 0 Å². The van der Waals surface area contributed by atoms with Crippen molar-refractivity contribution in [3.63, 3.8) is 0 Å². The number of carbonyl (C=O) groups is 1. The molecule has 5 aromatic rings. The van der Waals surface area contributed by atoms with Crippen LogP contribution >= 0.6 is 0 Å². The topological polar surface area (TPSA) is 102 Å². The highest BCUT2D eigenvalue weighted by Crippen LogP contribution is 2.33. The highest BCUT2D eigenvalue weighted by atomic mass is 16.5. The summed E-state index contributed by atoms with van der Waals surface area (Å²) in [4.78, 5) is 43.4. The number of carbonyl (C=O) groups excluding carboxylic acids is 1. The summed E-state index contributed by atoms with van der Waals surface area (Å²) in [5, 5.41) is 0. The molecule has 0 saturated heterocycles. The van der Waals surface area contributed by atoms with E-state index in [2.05, 4.69) is 0 Å². The fourth-order valence-corrected chi connectivity index (χ4v) is 4.40. The van der Waals surface area contributed by atoms with Crippen LogP contribution in [0.1, 0.15) is 12.5 Å². The third-order valence-electron chi connectivity index (χ3n) is 6.09. The molecule has 0 bridgehead atoms. The molecule has 10 heteroatoms. The Bertz CT molecular complexity index is 1740. The van der Waals surface area contributed by atoms with Gasteiger partial charge in [0.15, 0.2) is 11.2 Å². The van der Waals surface area contributed by atoms with E-state index < -0.39 is 23.8 Å². The lowest BCUT2D eigenvalue weighted by Crippen LogP contribution is -2.41. The first kappa shape index (κ1) is 23.2. The smallest absolute Gasteiger partial charge is 0.333 e. The van der Waals surface area contributed by atoms with Gasteiger partial charge in [-0.05, 0) is 31.5 Å². The number of ether oxygens (including phenoxy) is 2. The maximum absolute atomic E-state index is 13.5. The second-order valence-electron chi connectivity index (χ2n) is 8.38. The van der Waals surface area contributed by atoms with E-state index in [1.54, 1.807) is 18.4 Å². The molecule has 3 heterocycles. The molecule has 0 fully saturated rings. The van der Waals surface area contributed by atoms with Crippen LogP contribution in [0.15, 0.2) is 64.3 Å². The van der Waals surface area contributed by atoms with E-state index in [0.29, 0.717) is 11.5 Å². The fraction of sp³-hybridized carbons (Fsp3) is 0.231. The van der Waals surface area contributed by atoms with E-state index in [1.807, 2.05) is 66.2 Å². The predicted molar refractivity (Wildman–Crippen MR) is 135 cm³/mol. The van der Waals surface area contributed by atoms with Crippen LogP contribution in [0.5, 0.6) is 5.75 Å². The number of hydrogen-bond acceptors (Lipinski definition) is 6. The monoisotopic (exact) mass is 487 g/mol. The van der Waals surface area contributed by atoms with Crippen molar-refractivity contribution in [1.82, 2.24) is 23.1 Å². The van der Waals surface area contributed by atoms with Gasteiger partial charge in [-0.15, -0.1) is 0 Å². The molecule has 0 spiro atoms. The summed E-state index contributed by atoms with van der Waals surface area (Å²) in [6.07, 6.45) is 1.81. The predicted octanol–water partition coefficient (Wildman–Crippen LogP) is 2.69. The minimum atomic E-state index is -0.663. The summed E-state index contributed by atoms with van der Waals surface area (Å²) in [6, 6.07) is 15.5. The summed E-state index contributed by atoms with van der Waals surface area (Å²) in [5.41, 5.74) is 2.53. The summed E-state index contributed by atoms with van der Waals surface area (Å²) >= 11 is 0. The van der Waals surface area contributed by atoms with Crippen molar-refractivity contribution < 1.29 is 14.3 Å².